The van der Waals surface area contributed by atoms with Crippen molar-refractivity contribution < 1.29 is 43.0 Å². The minimum Gasteiger partial charge on any atom is -0.462 e. The van der Waals surface area contributed by atoms with Crippen molar-refractivity contribution in [1.82, 2.24) is 0 Å². The fourth-order valence-corrected chi connectivity index (χ4v) is 3.90. The average Bonchev–Trinajstić information content (AvgIpc) is 2.96. The van der Waals surface area contributed by atoms with Crippen LogP contribution in [0.25, 0.3) is 0 Å². The van der Waals surface area contributed by atoms with Gasteiger partial charge in [-0.1, -0.05) is 112 Å². The first-order valence-electron chi connectivity index (χ1n) is 15.3. The summed E-state index contributed by atoms with van der Waals surface area (Å²) in [5.74, 6) is -1.04. The van der Waals surface area contributed by atoms with Crippen molar-refractivity contribution in [3.05, 3.63) is 72.9 Å². The highest BCUT2D eigenvalue weighted by Crippen LogP contribution is 2.35. The molecule has 244 valence electrons. The molecule has 2 atom stereocenters. The second-order valence-corrected chi connectivity index (χ2v) is 11.1. The number of ether oxygens (including phenoxy) is 2. The third-order valence-corrected chi connectivity index (χ3v) is 6.32. The molecule has 43 heavy (non-hydrogen) atoms. The molecule has 0 bridgehead atoms. The van der Waals surface area contributed by atoms with Gasteiger partial charge in [0, 0.05) is 12.8 Å². The number of phosphoric ester groups is 1. The summed E-state index contributed by atoms with van der Waals surface area (Å²) >= 11 is 0. The molecule has 3 N–H and O–H groups in total. The van der Waals surface area contributed by atoms with Crippen molar-refractivity contribution in [2.45, 2.75) is 110 Å². The van der Waals surface area contributed by atoms with Crippen LogP contribution in [0, 0.1) is 0 Å². The van der Waals surface area contributed by atoms with E-state index in [0.717, 1.165) is 44.9 Å². The second-order valence-electron chi connectivity index (χ2n) is 9.90. The lowest BCUT2D eigenvalue weighted by atomic mass is 10.1. The van der Waals surface area contributed by atoms with Crippen molar-refractivity contribution in [2.75, 3.05) is 13.2 Å². The molecule has 1 unspecified atom stereocenters. The highest BCUT2D eigenvalue weighted by atomic mass is 31.2. The Bertz CT molecular complexity index is 944. The molecular formula is C33H53O9P. The first-order chi connectivity index (χ1) is 20.7. The molecule has 0 amide bonds. The van der Waals surface area contributed by atoms with Gasteiger partial charge >= 0.3 is 19.8 Å². The van der Waals surface area contributed by atoms with Crippen LogP contribution in [0.2, 0.25) is 0 Å². The summed E-state index contributed by atoms with van der Waals surface area (Å²) in [6.45, 7) is 3.27. The van der Waals surface area contributed by atoms with Gasteiger partial charge < -0.3 is 24.4 Å². The number of hydrogen-bond donors (Lipinski definition) is 3. The normalized spacial score (nSPS) is 14.3. The molecular weight excluding hydrogens is 571 g/mol. The van der Waals surface area contributed by atoms with Crippen LogP contribution in [0.4, 0.5) is 0 Å². The lowest BCUT2D eigenvalue weighted by Gasteiger charge is -2.18. The van der Waals surface area contributed by atoms with Gasteiger partial charge in [-0.25, -0.2) is 4.57 Å². The zero-order valence-corrected chi connectivity index (χ0v) is 26.8. The zero-order valence-electron chi connectivity index (χ0n) is 25.9. The largest absolute Gasteiger partial charge is 0.469 e. The van der Waals surface area contributed by atoms with E-state index in [4.69, 9.17) is 19.3 Å². The maximum Gasteiger partial charge on any atom is 0.469 e. The lowest BCUT2D eigenvalue weighted by Crippen LogP contribution is -2.29. The lowest BCUT2D eigenvalue weighted by molar-refractivity contribution is -0.161. The number of allylic oxidation sites excluding steroid dienone is 10. The molecule has 10 heteroatoms. The highest BCUT2D eigenvalue weighted by molar-refractivity contribution is 7.46. The van der Waals surface area contributed by atoms with Gasteiger partial charge in [-0.05, 0) is 44.9 Å². The van der Waals surface area contributed by atoms with Gasteiger partial charge in [0.2, 0.25) is 0 Å². The number of esters is 2. The molecule has 0 saturated heterocycles. The Hall–Kier alpha value is -2.55. The van der Waals surface area contributed by atoms with Gasteiger partial charge in [0.05, 0.1) is 12.7 Å². The van der Waals surface area contributed by atoms with E-state index in [1.807, 2.05) is 48.6 Å². The molecule has 0 fully saturated rings. The molecule has 0 aliphatic heterocycles. The minimum absolute atomic E-state index is 0.115. The summed E-state index contributed by atoms with van der Waals surface area (Å²) < 4.78 is 25.8. The summed E-state index contributed by atoms with van der Waals surface area (Å²) in [5.41, 5.74) is 0. The van der Waals surface area contributed by atoms with E-state index in [1.165, 1.54) is 0 Å². The van der Waals surface area contributed by atoms with Gasteiger partial charge in [0.15, 0.2) is 6.10 Å². The fraction of sp³-hybridized carbons (Fsp3) is 0.576. The van der Waals surface area contributed by atoms with Crippen LogP contribution in [0.5, 0.6) is 0 Å². The Kier molecular flexibility index (Phi) is 26.6. The summed E-state index contributed by atoms with van der Waals surface area (Å²) in [5, 5.41) is 9.92. The van der Waals surface area contributed by atoms with Crippen molar-refractivity contribution in [2.24, 2.45) is 0 Å². The Morgan fingerprint density at radius 3 is 2.09 bits per heavy atom. The molecule has 0 aromatic heterocycles. The van der Waals surface area contributed by atoms with Gasteiger partial charge in [-0.15, -0.1) is 0 Å². The van der Waals surface area contributed by atoms with E-state index >= 15 is 0 Å². The van der Waals surface area contributed by atoms with Crippen molar-refractivity contribution >= 4 is 19.8 Å². The number of phosphoric acid groups is 1. The van der Waals surface area contributed by atoms with Crippen LogP contribution < -0.4 is 0 Å². The Morgan fingerprint density at radius 1 is 0.744 bits per heavy atom. The molecule has 0 spiro atoms. The van der Waals surface area contributed by atoms with Crippen molar-refractivity contribution in [1.29, 1.82) is 0 Å². The second kappa shape index (κ2) is 28.2. The quantitative estimate of drug-likeness (QED) is 0.0296. The molecule has 0 aliphatic carbocycles. The van der Waals surface area contributed by atoms with Crippen LogP contribution in [0.15, 0.2) is 72.9 Å². The smallest absolute Gasteiger partial charge is 0.462 e. The van der Waals surface area contributed by atoms with Crippen molar-refractivity contribution in [3.8, 4) is 0 Å². The Balaban J connectivity index is 4.20. The first kappa shape index (κ1) is 40.5. The van der Waals surface area contributed by atoms with Crippen LogP contribution in [-0.2, 0) is 28.2 Å². The molecule has 0 rings (SSSR count). The summed E-state index contributed by atoms with van der Waals surface area (Å²) in [6.07, 6.45) is 31.5. The zero-order chi connectivity index (χ0) is 32.0. The topological polar surface area (TPSA) is 140 Å². The SMILES string of the molecule is CC/C=C\C/C=C\CC(O)/C=C/C=C\C/C=C\C/C=C\CCC(=O)OC[C@H](COP(=O)(O)O)OC(=O)CCCCCCC. The van der Waals surface area contributed by atoms with Crippen LogP contribution in [-0.4, -0.2) is 52.3 Å². The molecule has 0 aromatic carbocycles. The standard InChI is InChI=1S/C33H53O9P/c1-3-5-7-9-17-20-24-30(34)25-21-18-14-12-10-11-13-15-19-22-26-32(35)40-28-31(29-41-43(37,38)39)42-33(36)27-23-16-8-6-4-2/h5,7,10-11,14-15,17-21,25,30-31,34H,3-4,6,8-9,12-13,16,22-24,26-29H2,1-2H3,(H2,37,38,39)/b7-5-,11-10-,18-14-,19-15-,20-17-,25-21+/t30?,31-/m1/s1. The Labute approximate surface area is 258 Å². The molecule has 0 aliphatic rings. The third kappa shape index (κ3) is 30.7. The average molecular weight is 625 g/mol. The predicted molar refractivity (Wildman–Crippen MR) is 171 cm³/mol. The maximum absolute atomic E-state index is 12.1. The molecule has 0 aromatic rings. The first-order valence-corrected chi connectivity index (χ1v) is 16.9. The number of rotatable bonds is 26. The van der Waals surface area contributed by atoms with E-state index in [9.17, 15) is 19.3 Å². The number of hydrogen-bond acceptors (Lipinski definition) is 7. The number of carbonyl (C=O) groups is 2. The highest BCUT2D eigenvalue weighted by Gasteiger charge is 2.22. The molecule has 0 radical (unpaired) electrons. The van der Waals surface area contributed by atoms with E-state index in [-0.39, 0.29) is 19.4 Å². The van der Waals surface area contributed by atoms with E-state index in [1.54, 1.807) is 6.08 Å². The molecule has 0 saturated carbocycles. The van der Waals surface area contributed by atoms with Crippen LogP contribution >= 0.6 is 7.82 Å². The number of aliphatic hydroxyl groups is 1. The monoisotopic (exact) mass is 624 g/mol. The van der Waals surface area contributed by atoms with Gasteiger partial charge in [0.25, 0.3) is 0 Å². The van der Waals surface area contributed by atoms with Gasteiger partial charge in [-0.2, -0.15) is 0 Å². The van der Waals surface area contributed by atoms with Crippen LogP contribution in [0.1, 0.15) is 97.3 Å². The summed E-state index contributed by atoms with van der Waals surface area (Å²) in [6, 6.07) is 0. The fourth-order valence-electron chi connectivity index (χ4n) is 3.54. The van der Waals surface area contributed by atoms with E-state index in [2.05, 4.69) is 36.6 Å². The number of unbranched alkanes of at least 4 members (excludes halogenated alkanes) is 4. The van der Waals surface area contributed by atoms with E-state index < -0.39 is 38.6 Å². The maximum atomic E-state index is 12.1. The molecule has 9 nitrogen and oxygen atoms in total. The number of aliphatic hydroxyl groups excluding tert-OH is 1. The van der Waals surface area contributed by atoms with Crippen molar-refractivity contribution in [3.63, 3.8) is 0 Å². The van der Waals surface area contributed by atoms with Gasteiger partial charge in [-0.3, -0.25) is 14.1 Å². The predicted octanol–water partition coefficient (Wildman–Crippen LogP) is 7.36. The van der Waals surface area contributed by atoms with E-state index in [0.29, 0.717) is 25.7 Å². The summed E-state index contributed by atoms with van der Waals surface area (Å²) in [4.78, 5) is 42.0. The summed E-state index contributed by atoms with van der Waals surface area (Å²) in [7, 11) is -4.76. The third-order valence-electron chi connectivity index (χ3n) is 5.83. The number of carbonyl (C=O) groups excluding carboxylic acids is 2. The van der Waals surface area contributed by atoms with Crippen LogP contribution in [0.3, 0.4) is 0 Å². The molecule has 0 heterocycles. The Morgan fingerprint density at radius 2 is 1.40 bits per heavy atom. The minimum atomic E-state index is -4.76. The van der Waals surface area contributed by atoms with Gasteiger partial charge in [0.1, 0.15) is 6.61 Å².